The smallest absolute Gasteiger partial charge is 0.337 e. The molecule has 2 aromatic carbocycles. The molecule has 12 heteroatoms. The van der Waals surface area contributed by atoms with Gasteiger partial charge in [-0.2, -0.15) is 5.26 Å². The minimum absolute atomic E-state index is 0.00724. The van der Waals surface area contributed by atoms with E-state index in [2.05, 4.69) is 19.5 Å². The number of benzene rings is 2. The molecule has 0 saturated carbocycles. The van der Waals surface area contributed by atoms with Crippen molar-refractivity contribution < 1.29 is 23.2 Å². The molecule has 11 nitrogen and oxygen atoms in total. The van der Waals surface area contributed by atoms with Crippen molar-refractivity contribution in [2.45, 2.75) is 38.5 Å². The van der Waals surface area contributed by atoms with Crippen LogP contribution in [0.25, 0.3) is 11.0 Å². The highest BCUT2D eigenvalue weighted by atomic mass is 19.1. The molecule has 0 radical (unpaired) electrons. The molecule has 3 aromatic heterocycles. The van der Waals surface area contributed by atoms with E-state index in [1.54, 1.807) is 36.7 Å². The number of ether oxygens (including phenoxy) is 1. The minimum Gasteiger partial charge on any atom is -0.465 e. The number of nitriles is 1. The highest BCUT2D eigenvalue weighted by molar-refractivity contribution is 5.93. The number of esters is 1. The Labute approximate surface area is 240 Å². The van der Waals surface area contributed by atoms with E-state index in [1.165, 1.54) is 24.4 Å². The molecule has 0 aliphatic carbocycles. The van der Waals surface area contributed by atoms with Gasteiger partial charge < -0.3 is 18.6 Å². The topological polar surface area (TPSA) is 124 Å². The van der Waals surface area contributed by atoms with Crippen LogP contribution in [0.4, 0.5) is 4.39 Å². The second-order valence-electron chi connectivity index (χ2n) is 10.2. The van der Waals surface area contributed by atoms with E-state index < -0.39 is 11.8 Å². The van der Waals surface area contributed by atoms with Crippen molar-refractivity contribution in [3.05, 3.63) is 101 Å². The normalized spacial score (nSPS) is 14.2. The Morgan fingerprint density at radius 1 is 1.17 bits per heavy atom. The summed E-state index contributed by atoms with van der Waals surface area (Å²) in [7, 11) is 1.36. The van der Waals surface area contributed by atoms with E-state index in [0.29, 0.717) is 30.0 Å². The number of hydrogen-bond acceptors (Lipinski definition) is 9. The molecule has 6 rings (SSSR count). The number of fused-ring (bicyclic) bond motifs is 1. The number of carbonyl (C=O) groups is 1. The number of rotatable bonds is 9. The average molecular weight is 570 g/mol. The zero-order chi connectivity index (χ0) is 29.1. The molecule has 4 heterocycles. The molecule has 1 saturated heterocycles. The standard InChI is InChI=1S/C30H28FN7O4/c1-40-30(39)22-4-5-27-28(13-22)37(16-24-15-33-19-41-24)29(34-27)17-36-9-6-21(7-10-36)26-8-11-38(35-26)42-18-23-3-2-20(14-32)12-25(23)31/h2-5,8,11-13,15,19,21H,6-7,9-10,16-18H2,1H3. The number of carbonyl (C=O) groups excluding carboxylic acids is 1. The van der Waals surface area contributed by atoms with Crippen LogP contribution >= 0.6 is 0 Å². The van der Waals surface area contributed by atoms with Gasteiger partial charge in [-0.1, -0.05) is 6.07 Å². The summed E-state index contributed by atoms with van der Waals surface area (Å²) in [5, 5.41) is 13.5. The molecule has 0 bridgehead atoms. The van der Waals surface area contributed by atoms with Crippen LogP contribution in [0.3, 0.4) is 0 Å². The third kappa shape index (κ3) is 5.73. The van der Waals surface area contributed by atoms with Crippen LogP contribution in [0, 0.1) is 17.1 Å². The number of halogens is 1. The predicted molar refractivity (Wildman–Crippen MR) is 148 cm³/mol. The zero-order valence-electron chi connectivity index (χ0n) is 22.9. The first-order valence-corrected chi connectivity index (χ1v) is 13.6. The van der Waals surface area contributed by atoms with Crippen LogP contribution in [-0.4, -0.2) is 55.5 Å². The second-order valence-corrected chi connectivity index (χ2v) is 10.2. The fraction of sp³-hybridized carbons (Fsp3) is 0.300. The summed E-state index contributed by atoms with van der Waals surface area (Å²) >= 11 is 0. The maximum Gasteiger partial charge on any atom is 0.337 e. The quantitative estimate of drug-likeness (QED) is 0.242. The lowest BCUT2D eigenvalue weighted by Crippen LogP contribution is -2.33. The second kappa shape index (κ2) is 11.8. The van der Waals surface area contributed by atoms with E-state index in [1.807, 2.05) is 18.2 Å². The fourth-order valence-electron chi connectivity index (χ4n) is 5.26. The molecule has 0 amide bonds. The number of aromatic nitrogens is 5. The summed E-state index contributed by atoms with van der Waals surface area (Å²) in [6.45, 7) is 2.79. The molecule has 0 atom stereocenters. The minimum atomic E-state index is -0.480. The van der Waals surface area contributed by atoms with Gasteiger partial charge in [-0.15, -0.1) is 9.94 Å². The van der Waals surface area contributed by atoms with E-state index in [-0.39, 0.29) is 18.1 Å². The lowest BCUT2D eigenvalue weighted by Gasteiger charge is -2.31. The third-order valence-corrected chi connectivity index (χ3v) is 7.54. The Morgan fingerprint density at radius 3 is 2.76 bits per heavy atom. The summed E-state index contributed by atoms with van der Waals surface area (Å²) in [6.07, 6.45) is 6.63. The molecule has 1 fully saturated rings. The molecule has 5 aromatic rings. The van der Waals surface area contributed by atoms with Gasteiger partial charge in [0.15, 0.2) is 6.39 Å². The Balaban J connectivity index is 1.11. The van der Waals surface area contributed by atoms with Crippen LogP contribution in [-0.2, 0) is 24.4 Å². The Morgan fingerprint density at radius 2 is 2.02 bits per heavy atom. The number of imidazole rings is 1. The van der Waals surface area contributed by atoms with Gasteiger partial charge in [-0.05, 0) is 62.3 Å². The van der Waals surface area contributed by atoms with Crippen molar-refractivity contribution in [3.63, 3.8) is 0 Å². The van der Waals surface area contributed by atoms with Gasteiger partial charge >= 0.3 is 5.97 Å². The summed E-state index contributed by atoms with van der Waals surface area (Å²) in [5.74, 6) is 0.953. The first kappa shape index (κ1) is 27.2. The van der Waals surface area contributed by atoms with Gasteiger partial charge in [0.05, 0.1) is 66.5 Å². The third-order valence-electron chi connectivity index (χ3n) is 7.54. The lowest BCUT2D eigenvalue weighted by molar-refractivity contribution is 0.0600. The molecule has 1 aliphatic heterocycles. The van der Waals surface area contributed by atoms with Crippen molar-refractivity contribution in [1.82, 2.24) is 29.4 Å². The van der Waals surface area contributed by atoms with Gasteiger partial charge in [0.1, 0.15) is 24.0 Å². The number of oxazole rings is 1. The number of hydrogen-bond donors (Lipinski definition) is 0. The van der Waals surface area contributed by atoms with Crippen molar-refractivity contribution in [2.24, 2.45) is 0 Å². The molecule has 1 aliphatic rings. The fourth-order valence-corrected chi connectivity index (χ4v) is 5.26. The molecular formula is C30H28FN7O4. The van der Waals surface area contributed by atoms with Gasteiger partial charge in [-0.25, -0.2) is 19.2 Å². The predicted octanol–water partition coefficient (Wildman–Crippen LogP) is 4.07. The van der Waals surface area contributed by atoms with Crippen LogP contribution in [0.5, 0.6) is 0 Å². The Hall–Kier alpha value is -5.02. The van der Waals surface area contributed by atoms with Crippen LogP contribution in [0.1, 0.15) is 57.5 Å². The molecule has 214 valence electrons. The first-order chi connectivity index (χ1) is 20.5. The maximum atomic E-state index is 14.2. The number of piperidine rings is 1. The number of likely N-dealkylation sites (tertiary alicyclic amines) is 1. The highest BCUT2D eigenvalue weighted by Gasteiger charge is 2.25. The monoisotopic (exact) mass is 569 g/mol. The van der Waals surface area contributed by atoms with Crippen molar-refractivity contribution in [1.29, 1.82) is 5.26 Å². The van der Waals surface area contributed by atoms with E-state index in [9.17, 15) is 9.18 Å². The molecule has 42 heavy (non-hydrogen) atoms. The zero-order valence-corrected chi connectivity index (χ0v) is 22.9. The molecule has 0 unspecified atom stereocenters. The van der Waals surface area contributed by atoms with Crippen molar-refractivity contribution in [2.75, 3.05) is 20.2 Å². The van der Waals surface area contributed by atoms with E-state index >= 15 is 0 Å². The summed E-state index contributed by atoms with van der Waals surface area (Å²) in [4.78, 5) is 30.5. The summed E-state index contributed by atoms with van der Waals surface area (Å²) < 4.78 is 26.7. The van der Waals surface area contributed by atoms with Gasteiger partial charge in [0.25, 0.3) is 0 Å². The number of nitrogens with zero attached hydrogens (tertiary/aromatic N) is 7. The SMILES string of the molecule is COC(=O)c1ccc2nc(CN3CCC(c4ccn(OCc5ccc(C#N)cc5F)n4)CC3)n(Cc3cnco3)c2c1. The first-order valence-electron chi connectivity index (χ1n) is 13.6. The largest absolute Gasteiger partial charge is 0.465 e. The maximum absolute atomic E-state index is 14.2. The molecular weight excluding hydrogens is 541 g/mol. The van der Waals surface area contributed by atoms with Crippen LogP contribution < -0.4 is 4.84 Å². The van der Waals surface area contributed by atoms with Gasteiger partial charge in [-0.3, -0.25) is 4.90 Å². The van der Waals surface area contributed by atoms with Crippen molar-refractivity contribution in [3.8, 4) is 6.07 Å². The summed E-state index contributed by atoms with van der Waals surface area (Å²) in [5.41, 5.74) is 3.63. The van der Waals surface area contributed by atoms with Crippen LogP contribution in [0.15, 0.2) is 65.7 Å². The van der Waals surface area contributed by atoms with E-state index in [0.717, 1.165) is 48.5 Å². The number of methoxy groups -OCH3 is 1. The Bertz CT molecular complexity index is 1750. The van der Waals surface area contributed by atoms with Crippen molar-refractivity contribution >= 4 is 17.0 Å². The lowest BCUT2D eigenvalue weighted by atomic mass is 9.94. The Kier molecular flexibility index (Phi) is 7.66. The highest BCUT2D eigenvalue weighted by Crippen LogP contribution is 2.28. The summed E-state index contributed by atoms with van der Waals surface area (Å²) in [6, 6.07) is 13.5. The molecule has 0 spiro atoms. The average Bonchev–Trinajstić information content (AvgIpc) is 3.78. The van der Waals surface area contributed by atoms with E-state index in [4.69, 9.17) is 24.2 Å². The van der Waals surface area contributed by atoms with Gasteiger partial charge in [0, 0.05) is 11.5 Å². The van der Waals surface area contributed by atoms with Gasteiger partial charge in [0.2, 0.25) is 0 Å². The molecule has 0 N–H and O–H groups in total. The van der Waals surface area contributed by atoms with Crippen LogP contribution in [0.2, 0.25) is 0 Å².